The van der Waals surface area contributed by atoms with Crippen LogP contribution in [0.25, 0.3) is 10.9 Å². The molecule has 3 heterocycles. The summed E-state index contributed by atoms with van der Waals surface area (Å²) in [6.45, 7) is 3.73. The van der Waals surface area contributed by atoms with Crippen molar-refractivity contribution in [1.29, 1.82) is 0 Å². The van der Waals surface area contributed by atoms with E-state index in [9.17, 15) is 19.1 Å². The number of nitrogens with one attached hydrogen (secondary N) is 2. The van der Waals surface area contributed by atoms with E-state index >= 15 is 0 Å². The molecule has 1 spiro atoms. The Morgan fingerprint density at radius 2 is 1.92 bits per heavy atom. The fraction of sp³-hybridized carbons (Fsp3) is 0.448. The van der Waals surface area contributed by atoms with E-state index in [2.05, 4.69) is 21.3 Å². The Bertz CT molecular complexity index is 1380. The van der Waals surface area contributed by atoms with E-state index in [1.807, 2.05) is 26.1 Å². The summed E-state index contributed by atoms with van der Waals surface area (Å²) in [7, 11) is 3.60. The van der Waals surface area contributed by atoms with Gasteiger partial charge in [0, 0.05) is 61.5 Å². The minimum atomic E-state index is -0.500. The van der Waals surface area contributed by atoms with Crippen LogP contribution in [0.4, 0.5) is 19.7 Å². The van der Waals surface area contributed by atoms with Crippen molar-refractivity contribution in [2.75, 3.05) is 45.2 Å². The van der Waals surface area contributed by atoms with Crippen LogP contribution in [0.5, 0.6) is 5.75 Å². The first kappa shape index (κ1) is 26.8. The number of carbonyl (C=O) groups excluding carboxylic acids is 2. The van der Waals surface area contributed by atoms with Gasteiger partial charge in [0.25, 0.3) is 0 Å². The number of hydrogen-bond donors (Lipinski definition) is 3. The van der Waals surface area contributed by atoms with Crippen molar-refractivity contribution < 1.29 is 23.8 Å². The number of urea groups is 2. The van der Waals surface area contributed by atoms with Crippen LogP contribution in [0.15, 0.2) is 42.5 Å². The molecule has 0 saturated carbocycles. The van der Waals surface area contributed by atoms with E-state index in [4.69, 9.17) is 4.74 Å². The van der Waals surface area contributed by atoms with Gasteiger partial charge in [0.05, 0.1) is 25.3 Å². The van der Waals surface area contributed by atoms with Gasteiger partial charge in [-0.25, -0.2) is 14.0 Å². The zero-order chi connectivity index (χ0) is 27.7. The van der Waals surface area contributed by atoms with E-state index in [-0.39, 0.29) is 18.7 Å². The first-order valence-electron chi connectivity index (χ1n) is 13.5. The number of likely N-dealkylation sites (tertiary alicyclic amines) is 1. The second kappa shape index (κ2) is 10.8. The number of aliphatic hydroxyl groups is 1. The molecule has 9 nitrogen and oxygen atoms in total. The van der Waals surface area contributed by atoms with Crippen LogP contribution in [0.3, 0.4) is 0 Å². The minimum Gasteiger partial charge on any atom is -0.497 e. The third-order valence-corrected chi connectivity index (χ3v) is 8.19. The largest absolute Gasteiger partial charge is 0.497 e. The number of halogens is 1. The summed E-state index contributed by atoms with van der Waals surface area (Å²) in [6, 6.07) is 10.8. The van der Waals surface area contributed by atoms with E-state index in [1.165, 1.54) is 12.1 Å². The van der Waals surface area contributed by atoms with Crippen molar-refractivity contribution in [2.45, 2.75) is 37.6 Å². The van der Waals surface area contributed by atoms with Crippen molar-refractivity contribution in [3.05, 3.63) is 59.5 Å². The minimum absolute atomic E-state index is 0.199. The number of aryl methyl sites for hydroxylation is 1. The van der Waals surface area contributed by atoms with Gasteiger partial charge in [-0.1, -0.05) is 13.0 Å². The zero-order valence-electron chi connectivity index (χ0n) is 22.7. The molecule has 5 rings (SSSR count). The predicted octanol–water partition coefficient (Wildman–Crippen LogP) is 4.36. The summed E-state index contributed by atoms with van der Waals surface area (Å²) in [4.78, 5) is 29.9. The Morgan fingerprint density at radius 1 is 1.15 bits per heavy atom. The van der Waals surface area contributed by atoms with Crippen molar-refractivity contribution >= 4 is 28.7 Å². The number of hydrogen-bond acceptors (Lipinski definition) is 4. The summed E-state index contributed by atoms with van der Waals surface area (Å²) < 4.78 is 21.2. The number of aromatic nitrogens is 1. The Hall–Kier alpha value is -3.79. The lowest BCUT2D eigenvalue weighted by Crippen LogP contribution is -2.58. The molecule has 2 aliphatic rings. The number of fused-ring (bicyclic) bond motifs is 4. The normalized spacial score (nSPS) is 18.2. The highest BCUT2D eigenvalue weighted by Gasteiger charge is 2.49. The van der Waals surface area contributed by atoms with Gasteiger partial charge in [-0.3, -0.25) is 0 Å². The molecular formula is C29H36FN5O4. The Kier molecular flexibility index (Phi) is 7.40. The van der Waals surface area contributed by atoms with E-state index < -0.39 is 17.3 Å². The lowest BCUT2D eigenvalue weighted by Gasteiger charge is -2.50. The van der Waals surface area contributed by atoms with E-state index in [1.54, 1.807) is 29.0 Å². The average molecular weight is 538 g/mol. The molecule has 1 fully saturated rings. The van der Waals surface area contributed by atoms with Crippen LogP contribution in [0.1, 0.15) is 43.5 Å². The van der Waals surface area contributed by atoms with Gasteiger partial charge in [0.1, 0.15) is 11.6 Å². The van der Waals surface area contributed by atoms with Crippen LogP contribution in [-0.4, -0.2) is 71.4 Å². The van der Waals surface area contributed by atoms with Crippen LogP contribution in [0, 0.1) is 5.82 Å². The summed E-state index contributed by atoms with van der Waals surface area (Å²) in [5, 5.41) is 17.4. The first-order valence-corrected chi connectivity index (χ1v) is 13.5. The second-order valence-electron chi connectivity index (χ2n) is 10.5. The third kappa shape index (κ3) is 4.78. The third-order valence-electron chi connectivity index (χ3n) is 8.19. The molecule has 0 aliphatic carbocycles. The van der Waals surface area contributed by atoms with Gasteiger partial charge in [0.2, 0.25) is 0 Å². The Morgan fingerprint density at radius 3 is 2.59 bits per heavy atom. The lowest BCUT2D eigenvalue weighted by atomic mass is 9.68. The molecule has 1 atom stereocenters. The average Bonchev–Trinajstić information content (AvgIpc) is 3.24. The molecule has 39 heavy (non-hydrogen) atoms. The van der Waals surface area contributed by atoms with E-state index in [0.717, 1.165) is 34.3 Å². The molecule has 0 radical (unpaired) electrons. The van der Waals surface area contributed by atoms with Gasteiger partial charge >= 0.3 is 12.1 Å². The molecule has 0 unspecified atom stereocenters. The number of nitrogens with zero attached hydrogens (tertiary/aromatic N) is 3. The van der Waals surface area contributed by atoms with Crippen molar-refractivity contribution in [3.63, 3.8) is 0 Å². The number of benzene rings is 2. The number of piperidine rings is 1. The number of aliphatic hydroxyl groups excluding tert-OH is 1. The molecule has 3 N–H and O–H groups in total. The highest BCUT2D eigenvalue weighted by Crippen LogP contribution is 2.50. The quantitative estimate of drug-likeness (QED) is 0.450. The smallest absolute Gasteiger partial charge is 0.321 e. The Balaban J connectivity index is 1.51. The highest BCUT2D eigenvalue weighted by molar-refractivity contribution is 5.91. The van der Waals surface area contributed by atoms with Crippen LogP contribution in [0.2, 0.25) is 0 Å². The van der Waals surface area contributed by atoms with E-state index in [0.29, 0.717) is 44.7 Å². The van der Waals surface area contributed by atoms with Crippen LogP contribution in [-0.2, 0) is 12.5 Å². The van der Waals surface area contributed by atoms with Crippen LogP contribution < -0.4 is 15.4 Å². The first-order chi connectivity index (χ1) is 18.8. The van der Waals surface area contributed by atoms with Gasteiger partial charge in [-0.15, -0.1) is 0 Å². The number of rotatable bonds is 5. The number of carbonyl (C=O) groups is 2. The molecule has 1 saturated heterocycles. The maximum Gasteiger partial charge on any atom is 0.321 e. The molecule has 0 bridgehead atoms. The maximum atomic E-state index is 13.6. The molecule has 2 aromatic carbocycles. The summed E-state index contributed by atoms with van der Waals surface area (Å²) in [5.74, 6) is 0.323. The lowest BCUT2D eigenvalue weighted by molar-refractivity contribution is 0.0733. The molecule has 208 valence electrons. The fourth-order valence-corrected chi connectivity index (χ4v) is 6.22. The van der Waals surface area contributed by atoms with Gasteiger partial charge < -0.3 is 34.8 Å². The molecule has 2 aliphatic heterocycles. The van der Waals surface area contributed by atoms with Gasteiger partial charge in [0.15, 0.2) is 0 Å². The summed E-state index contributed by atoms with van der Waals surface area (Å²) in [6.07, 6.45) is 2.08. The number of ether oxygens (including phenoxy) is 1. The standard InChI is InChI=1S/C29H36FN5O4/c1-4-12-31-27(37)35-18-29(10-13-34(14-11-29)28(38)32-20-7-5-6-19(30)15-20)25-22-9-8-21(39-3)16-23(22)33(2)26(25)24(35)17-36/h5-9,15-16,24,36H,4,10-14,17-18H2,1-3H3,(H,31,37)(H,32,38)/t24-/m0/s1. The zero-order valence-corrected chi connectivity index (χ0v) is 22.7. The molecular weight excluding hydrogens is 501 g/mol. The second-order valence-corrected chi connectivity index (χ2v) is 10.5. The fourth-order valence-electron chi connectivity index (χ4n) is 6.22. The number of amides is 4. The topological polar surface area (TPSA) is 99.1 Å². The van der Waals surface area contributed by atoms with Gasteiger partial charge in [-0.05, 0) is 55.2 Å². The summed E-state index contributed by atoms with van der Waals surface area (Å²) >= 11 is 0. The van der Waals surface area contributed by atoms with Gasteiger partial charge in [-0.2, -0.15) is 0 Å². The highest BCUT2D eigenvalue weighted by atomic mass is 19.1. The molecule has 3 aromatic rings. The maximum absolute atomic E-state index is 13.6. The molecule has 10 heteroatoms. The predicted molar refractivity (Wildman–Crippen MR) is 148 cm³/mol. The number of anilines is 1. The SMILES string of the molecule is CCCNC(=O)N1CC2(CCN(C(=O)Nc3cccc(F)c3)CC2)c2c(n(C)c3cc(OC)ccc23)[C@@H]1CO. The van der Waals surface area contributed by atoms with Crippen molar-refractivity contribution in [1.82, 2.24) is 19.7 Å². The molecule has 1 aromatic heterocycles. The van der Waals surface area contributed by atoms with Crippen molar-refractivity contribution in [3.8, 4) is 5.75 Å². The number of methoxy groups -OCH3 is 1. The Labute approximate surface area is 227 Å². The monoisotopic (exact) mass is 537 g/mol. The van der Waals surface area contributed by atoms with Crippen LogP contribution >= 0.6 is 0 Å². The summed E-state index contributed by atoms with van der Waals surface area (Å²) in [5.41, 5.74) is 3.02. The van der Waals surface area contributed by atoms with Crippen molar-refractivity contribution in [2.24, 2.45) is 7.05 Å². The molecule has 4 amide bonds.